The molecule has 1 aromatic carbocycles. The molecule has 184 valence electrons. The second-order valence-corrected chi connectivity index (χ2v) is 9.27. The lowest BCUT2D eigenvalue weighted by atomic mass is 10.2. The van der Waals surface area contributed by atoms with Crippen LogP contribution in [0.4, 0.5) is 0 Å². The highest BCUT2D eigenvalue weighted by atomic mass is 32.1. The van der Waals surface area contributed by atoms with Crippen molar-refractivity contribution >= 4 is 29.2 Å². The third-order valence-corrected chi connectivity index (χ3v) is 6.70. The summed E-state index contributed by atoms with van der Waals surface area (Å²) in [6.07, 6.45) is 6.23. The van der Waals surface area contributed by atoms with Crippen LogP contribution in [0.2, 0.25) is 0 Å². The Morgan fingerprint density at radius 2 is 1.91 bits per heavy atom. The van der Waals surface area contributed by atoms with Crippen LogP contribution >= 0.6 is 11.3 Å². The zero-order valence-corrected chi connectivity index (χ0v) is 20.7. The number of piperazine rings is 1. The third kappa shape index (κ3) is 6.88. The van der Waals surface area contributed by atoms with Crippen molar-refractivity contribution in [2.75, 3.05) is 53.0 Å². The molecule has 0 aliphatic carbocycles. The van der Waals surface area contributed by atoms with Gasteiger partial charge in [0, 0.05) is 64.3 Å². The van der Waals surface area contributed by atoms with Crippen molar-refractivity contribution in [2.24, 2.45) is 0 Å². The van der Waals surface area contributed by atoms with Crippen molar-refractivity contribution in [3.63, 3.8) is 0 Å². The molecule has 1 aliphatic rings. The third-order valence-electron chi connectivity index (χ3n) is 5.82. The van der Waals surface area contributed by atoms with Gasteiger partial charge in [-0.2, -0.15) is 5.10 Å². The maximum absolute atomic E-state index is 12.9. The van der Waals surface area contributed by atoms with Crippen LogP contribution in [0.5, 0.6) is 0 Å². The number of rotatable bonds is 10. The Hall–Kier alpha value is -3.27. The Kier molecular flexibility index (Phi) is 8.83. The van der Waals surface area contributed by atoms with Crippen molar-refractivity contribution in [3.05, 3.63) is 65.7 Å². The van der Waals surface area contributed by atoms with Crippen molar-refractivity contribution in [1.82, 2.24) is 24.9 Å². The van der Waals surface area contributed by atoms with Gasteiger partial charge in [0.25, 0.3) is 0 Å². The van der Waals surface area contributed by atoms with E-state index in [2.05, 4.69) is 10.2 Å². The summed E-state index contributed by atoms with van der Waals surface area (Å²) in [7, 11) is 1.65. The predicted molar refractivity (Wildman–Crippen MR) is 138 cm³/mol. The van der Waals surface area contributed by atoms with E-state index in [4.69, 9.17) is 9.84 Å². The zero-order valence-electron chi connectivity index (χ0n) is 19.9. The Bertz CT molecular complexity index is 1120. The molecule has 1 N–H and O–H groups in total. The second-order valence-electron chi connectivity index (χ2n) is 8.32. The SMILES string of the molecule is COCCCNC(=O)CN1CCN(C(=O)/C=C/c2cn(-c3ccccc3)nc2-c2cccs2)CC1. The van der Waals surface area contributed by atoms with Crippen molar-refractivity contribution in [3.8, 4) is 16.3 Å². The molecule has 4 rings (SSSR count). The van der Waals surface area contributed by atoms with Gasteiger partial charge in [0.05, 0.1) is 17.1 Å². The molecule has 2 aromatic heterocycles. The smallest absolute Gasteiger partial charge is 0.246 e. The van der Waals surface area contributed by atoms with Gasteiger partial charge in [-0.05, 0) is 36.1 Å². The fourth-order valence-electron chi connectivity index (χ4n) is 3.92. The monoisotopic (exact) mass is 493 g/mol. The lowest BCUT2D eigenvalue weighted by molar-refractivity contribution is -0.128. The standard InChI is InChI=1S/C26H31N5O3S/c1-34-17-6-12-27-24(32)20-29-13-15-30(16-14-29)25(33)11-10-21-19-31(22-7-3-2-4-8-22)28-26(21)23-9-5-18-35-23/h2-5,7-11,18-19H,6,12-17,20H2,1H3,(H,27,32)/b11-10+. The number of thiophene rings is 1. The molecule has 0 spiro atoms. The largest absolute Gasteiger partial charge is 0.385 e. The minimum Gasteiger partial charge on any atom is -0.385 e. The quantitative estimate of drug-likeness (QED) is 0.347. The predicted octanol–water partition coefficient (Wildman–Crippen LogP) is 2.91. The number of hydrogen-bond donors (Lipinski definition) is 1. The first-order valence-corrected chi connectivity index (χ1v) is 12.7. The molecule has 3 heterocycles. The number of nitrogens with zero attached hydrogens (tertiary/aromatic N) is 4. The van der Waals surface area contributed by atoms with Crippen LogP contribution in [0.3, 0.4) is 0 Å². The molecule has 1 aliphatic heterocycles. The van der Waals surface area contributed by atoms with Crippen molar-refractivity contribution < 1.29 is 14.3 Å². The van der Waals surface area contributed by atoms with Gasteiger partial charge in [-0.3, -0.25) is 14.5 Å². The number of carbonyl (C=O) groups excluding carboxylic acids is 2. The molecule has 9 heteroatoms. The summed E-state index contributed by atoms with van der Waals surface area (Å²) in [4.78, 5) is 29.9. The number of nitrogens with one attached hydrogen (secondary N) is 1. The lowest BCUT2D eigenvalue weighted by Gasteiger charge is -2.33. The van der Waals surface area contributed by atoms with Crippen LogP contribution in [0.15, 0.2) is 60.1 Å². The van der Waals surface area contributed by atoms with E-state index in [1.54, 1.807) is 24.5 Å². The Morgan fingerprint density at radius 3 is 2.63 bits per heavy atom. The van der Waals surface area contributed by atoms with Crippen LogP contribution in [0, 0.1) is 0 Å². The zero-order chi connectivity index (χ0) is 24.5. The maximum atomic E-state index is 12.9. The van der Waals surface area contributed by atoms with Gasteiger partial charge in [0.1, 0.15) is 5.69 Å². The number of amides is 2. The van der Waals surface area contributed by atoms with Crippen LogP contribution in [-0.2, 0) is 14.3 Å². The fraction of sp³-hybridized carbons (Fsp3) is 0.346. The first kappa shape index (κ1) is 24.8. The van der Waals surface area contributed by atoms with E-state index >= 15 is 0 Å². The van der Waals surface area contributed by atoms with Gasteiger partial charge in [-0.1, -0.05) is 24.3 Å². The molecular formula is C26H31N5O3S. The Labute approximate surface area is 209 Å². The van der Waals surface area contributed by atoms with E-state index in [0.717, 1.165) is 28.2 Å². The summed E-state index contributed by atoms with van der Waals surface area (Å²) in [5, 5.41) is 9.71. The van der Waals surface area contributed by atoms with E-state index in [0.29, 0.717) is 45.9 Å². The molecule has 35 heavy (non-hydrogen) atoms. The number of carbonyl (C=O) groups is 2. The van der Waals surface area contributed by atoms with E-state index in [-0.39, 0.29) is 11.8 Å². The van der Waals surface area contributed by atoms with E-state index in [9.17, 15) is 9.59 Å². The number of methoxy groups -OCH3 is 1. The van der Waals surface area contributed by atoms with E-state index in [1.165, 1.54) is 0 Å². The van der Waals surface area contributed by atoms with E-state index < -0.39 is 0 Å². The van der Waals surface area contributed by atoms with Crippen LogP contribution in [0.25, 0.3) is 22.3 Å². The Morgan fingerprint density at radius 1 is 1.11 bits per heavy atom. The normalized spacial score (nSPS) is 14.5. The molecule has 2 amide bonds. The molecule has 1 saturated heterocycles. The van der Waals surface area contributed by atoms with Gasteiger partial charge in [0.15, 0.2) is 0 Å². The van der Waals surface area contributed by atoms with Crippen LogP contribution < -0.4 is 5.32 Å². The van der Waals surface area contributed by atoms with Crippen LogP contribution in [0.1, 0.15) is 12.0 Å². The molecule has 8 nitrogen and oxygen atoms in total. The molecule has 0 atom stereocenters. The second kappa shape index (κ2) is 12.4. The molecule has 1 fully saturated rings. The first-order chi connectivity index (χ1) is 17.1. The summed E-state index contributed by atoms with van der Waals surface area (Å²) >= 11 is 1.62. The van der Waals surface area contributed by atoms with Gasteiger partial charge in [-0.25, -0.2) is 4.68 Å². The fourth-order valence-corrected chi connectivity index (χ4v) is 4.65. The number of para-hydroxylation sites is 1. The molecule has 0 saturated carbocycles. The summed E-state index contributed by atoms with van der Waals surface area (Å²) in [5.74, 6) is -0.0180. The molecular weight excluding hydrogens is 462 g/mol. The Balaban J connectivity index is 1.34. The van der Waals surface area contributed by atoms with Crippen LogP contribution in [-0.4, -0.2) is 84.4 Å². The molecule has 0 unspecified atom stereocenters. The number of ether oxygens (including phenoxy) is 1. The van der Waals surface area contributed by atoms with Crippen molar-refractivity contribution in [1.29, 1.82) is 0 Å². The molecule has 0 radical (unpaired) electrons. The van der Waals surface area contributed by atoms with Crippen molar-refractivity contribution in [2.45, 2.75) is 6.42 Å². The summed E-state index contributed by atoms with van der Waals surface area (Å²) in [5.41, 5.74) is 2.72. The molecule has 3 aromatic rings. The highest BCUT2D eigenvalue weighted by Gasteiger charge is 2.21. The summed E-state index contributed by atoms with van der Waals surface area (Å²) in [6.45, 7) is 4.16. The number of benzene rings is 1. The summed E-state index contributed by atoms with van der Waals surface area (Å²) < 4.78 is 6.84. The minimum atomic E-state index is -0.0294. The van der Waals surface area contributed by atoms with Gasteiger partial charge in [0.2, 0.25) is 11.8 Å². The highest BCUT2D eigenvalue weighted by Crippen LogP contribution is 2.28. The number of aromatic nitrogens is 2. The average Bonchev–Trinajstić information content (AvgIpc) is 3.56. The summed E-state index contributed by atoms with van der Waals surface area (Å²) in [6, 6.07) is 14.0. The van der Waals surface area contributed by atoms with Gasteiger partial charge in [-0.15, -0.1) is 11.3 Å². The molecule has 0 bridgehead atoms. The first-order valence-electron chi connectivity index (χ1n) is 11.8. The van der Waals surface area contributed by atoms with Gasteiger partial charge >= 0.3 is 0 Å². The lowest BCUT2D eigenvalue weighted by Crippen LogP contribution is -2.50. The topological polar surface area (TPSA) is 79.7 Å². The number of hydrogen-bond acceptors (Lipinski definition) is 6. The minimum absolute atomic E-state index is 0.0114. The van der Waals surface area contributed by atoms with Gasteiger partial charge < -0.3 is 15.0 Å². The average molecular weight is 494 g/mol. The maximum Gasteiger partial charge on any atom is 0.246 e. The van der Waals surface area contributed by atoms with E-state index in [1.807, 2.05) is 69.7 Å². The highest BCUT2D eigenvalue weighted by molar-refractivity contribution is 7.13.